The molecule has 1 aromatic rings. The summed E-state index contributed by atoms with van der Waals surface area (Å²) in [5.74, 6) is 0.295. The van der Waals surface area contributed by atoms with E-state index in [0.29, 0.717) is 35.2 Å². The Morgan fingerprint density at radius 3 is 2.93 bits per heavy atom. The molecular formula is C20H28FN3O3S. The Morgan fingerprint density at radius 2 is 2.25 bits per heavy atom. The van der Waals surface area contributed by atoms with E-state index in [1.165, 1.54) is 17.8 Å². The van der Waals surface area contributed by atoms with Gasteiger partial charge in [-0.2, -0.15) is 0 Å². The zero-order valence-corrected chi connectivity index (χ0v) is 17.6. The fourth-order valence-electron chi connectivity index (χ4n) is 3.66. The number of hydrogen-bond acceptors (Lipinski definition) is 6. The van der Waals surface area contributed by atoms with E-state index >= 15 is 0 Å². The van der Waals surface area contributed by atoms with Crippen LogP contribution in [0.5, 0.6) is 0 Å². The molecule has 8 heteroatoms. The number of carbonyl (C=O) groups is 1. The second-order valence-corrected chi connectivity index (χ2v) is 9.29. The number of nitrogen functional groups attached to an aromatic ring is 1. The Balaban J connectivity index is 2.00. The first kappa shape index (κ1) is 20.9. The van der Waals surface area contributed by atoms with Crippen molar-refractivity contribution in [2.75, 3.05) is 18.1 Å². The van der Waals surface area contributed by atoms with Crippen molar-refractivity contribution in [1.29, 1.82) is 0 Å². The smallest absolute Gasteiger partial charge is 0.413 e. The zero-order chi connectivity index (χ0) is 20.5. The summed E-state index contributed by atoms with van der Waals surface area (Å²) >= 11 is 1.42. The number of fused-ring (bicyclic) bond motifs is 1. The predicted molar refractivity (Wildman–Crippen MR) is 110 cm³/mol. The lowest BCUT2D eigenvalue weighted by Crippen LogP contribution is -2.51. The van der Waals surface area contributed by atoms with Crippen molar-refractivity contribution in [3.05, 3.63) is 29.6 Å². The average molecular weight is 410 g/mol. The van der Waals surface area contributed by atoms with Crippen LogP contribution in [-0.2, 0) is 15.0 Å². The van der Waals surface area contributed by atoms with Crippen molar-refractivity contribution in [3.63, 3.8) is 0 Å². The summed E-state index contributed by atoms with van der Waals surface area (Å²) in [4.78, 5) is 17.1. The molecular weight excluding hydrogens is 381 g/mol. The number of carbonyl (C=O) groups excluding carboxylic acids is 1. The number of nitrogens with one attached hydrogen (secondary N) is 1. The quantitative estimate of drug-likeness (QED) is 0.720. The highest BCUT2D eigenvalue weighted by molar-refractivity contribution is 8.13. The van der Waals surface area contributed by atoms with E-state index in [4.69, 9.17) is 20.2 Å². The van der Waals surface area contributed by atoms with Crippen LogP contribution in [0.15, 0.2) is 23.2 Å². The first-order chi connectivity index (χ1) is 13.1. The van der Waals surface area contributed by atoms with E-state index in [9.17, 15) is 9.18 Å². The molecule has 3 rings (SSSR count). The van der Waals surface area contributed by atoms with Gasteiger partial charge in [0.2, 0.25) is 0 Å². The van der Waals surface area contributed by atoms with Crippen LogP contribution in [0.2, 0.25) is 0 Å². The fraction of sp³-hybridized carbons (Fsp3) is 0.600. The summed E-state index contributed by atoms with van der Waals surface area (Å²) in [5.41, 5.74) is 5.47. The summed E-state index contributed by atoms with van der Waals surface area (Å²) in [6.07, 6.45) is 0.732. The van der Waals surface area contributed by atoms with Gasteiger partial charge in [-0.1, -0.05) is 18.7 Å². The topological polar surface area (TPSA) is 85.9 Å². The maximum Gasteiger partial charge on any atom is 0.413 e. The van der Waals surface area contributed by atoms with Crippen LogP contribution in [-0.4, -0.2) is 35.3 Å². The minimum Gasteiger partial charge on any atom is -0.444 e. The summed E-state index contributed by atoms with van der Waals surface area (Å²) in [6.45, 7) is 7.92. The lowest BCUT2D eigenvalue weighted by molar-refractivity contribution is -0.0543. The number of amidine groups is 1. The van der Waals surface area contributed by atoms with Crippen molar-refractivity contribution in [2.24, 2.45) is 10.9 Å². The van der Waals surface area contributed by atoms with Crippen molar-refractivity contribution >= 4 is 28.7 Å². The predicted octanol–water partition coefficient (Wildman–Crippen LogP) is 4.05. The molecule has 1 aromatic carbocycles. The first-order valence-corrected chi connectivity index (χ1v) is 10.5. The van der Waals surface area contributed by atoms with Gasteiger partial charge in [0.15, 0.2) is 5.17 Å². The Kier molecular flexibility index (Phi) is 5.91. The minimum atomic E-state index is -0.825. The Hall–Kier alpha value is -1.80. The molecule has 2 aliphatic heterocycles. The van der Waals surface area contributed by atoms with Gasteiger partial charge in [0.25, 0.3) is 0 Å². The fourth-order valence-corrected chi connectivity index (χ4v) is 4.77. The van der Waals surface area contributed by atoms with Gasteiger partial charge in [0, 0.05) is 29.3 Å². The van der Waals surface area contributed by atoms with Crippen molar-refractivity contribution in [1.82, 2.24) is 5.32 Å². The maximum atomic E-state index is 14.9. The number of benzene rings is 1. The summed E-state index contributed by atoms with van der Waals surface area (Å²) < 4.78 is 26.2. The van der Waals surface area contributed by atoms with Crippen LogP contribution in [0.25, 0.3) is 0 Å². The van der Waals surface area contributed by atoms with Crippen molar-refractivity contribution in [2.45, 2.75) is 57.8 Å². The molecule has 2 heterocycles. The lowest BCUT2D eigenvalue weighted by Gasteiger charge is -2.47. The van der Waals surface area contributed by atoms with Crippen LogP contribution in [0.3, 0.4) is 0 Å². The molecule has 1 amide bonds. The molecule has 0 aliphatic carbocycles. The first-order valence-electron chi connectivity index (χ1n) is 9.52. The largest absolute Gasteiger partial charge is 0.444 e. The number of nitrogens with zero attached hydrogens (tertiary/aromatic N) is 1. The molecule has 1 fully saturated rings. The van der Waals surface area contributed by atoms with Crippen molar-refractivity contribution in [3.8, 4) is 0 Å². The zero-order valence-electron chi connectivity index (χ0n) is 16.8. The van der Waals surface area contributed by atoms with Crippen LogP contribution in [0.1, 0.15) is 46.1 Å². The second kappa shape index (κ2) is 7.91. The van der Waals surface area contributed by atoms with E-state index in [0.717, 1.165) is 6.42 Å². The molecule has 1 saturated heterocycles. The third kappa shape index (κ3) is 4.43. The van der Waals surface area contributed by atoms with E-state index in [1.54, 1.807) is 32.9 Å². The van der Waals surface area contributed by atoms with Gasteiger partial charge in [0.1, 0.15) is 11.4 Å². The maximum absolute atomic E-state index is 14.9. The van der Waals surface area contributed by atoms with Crippen LogP contribution in [0.4, 0.5) is 14.9 Å². The Bertz CT molecular complexity index is 780. The number of nitrogens with two attached hydrogens (primary N) is 1. The van der Waals surface area contributed by atoms with Gasteiger partial charge in [-0.25, -0.2) is 9.18 Å². The molecule has 2 aliphatic rings. The molecule has 0 aromatic heterocycles. The Morgan fingerprint density at radius 1 is 1.50 bits per heavy atom. The van der Waals surface area contributed by atoms with E-state index in [-0.39, 0.29) is 17.8 Å². The lowest BCUT2D eigenvalue weighted by atomic mass is 9.73. The monoisotopic (exact) mass is 409 g/mol. The summed E-state index contributed by atoms with van der Waals surface area (Å²) in [7, 11) is 0. The van der Waals surface area contributed by atoms with Gasteiger partial charge in [0.05, 0.1) is 18.2 Å². The number of aliphatic imine (C=N–C) groups is 1. The third-order valence-corrected chi connectivity index (χ3v) is 6.03. The number of thioether (sulfide) groups is 1. The van der Waals surface area contributed by atoms with Crippen LogP contribution >= 0.6 is 11.8 Å². The highest BCUT2D eigenvalue weighted by atomic mass is 32.2. The third-order valence-electron chi connectivity index (χ3n) is 4.99. The number of ether oxygens (including phenoxy) is 2. The van der Waals surface area contributed by atoms with Crippen LogP contribution < -0.4 is 11.1 Å². The Labute approximate surface area is 169 Å². The number of halogens is 1. The summed E-state index contributed by atoms with van der Waals surface area (Å²) in [6, 6.07) is 4.58. The number of alkyl carbamates (subject to hydrolysis) is 1. The minimum absolute atomic E-state index is 0.0132. The molecule has 6 nitrogen and oxygen atoms in total. The van der Waals surface area contributed by atoms with Crippen molar-refractivity contribution < 1.29 is 18.7 Å². The normalized spacial score (nSPS) is 27.5. The molecule has 28 heavy (non-hydrogen) atoms. The van der Waals surface area contributed by atoms with Gasteiger partial charge < -0.3 is 15.2 Å². The highest BCUT2D eigenvalue weighted by Crippen LogP contribution is 2.48. The van der Waals surface area contributed by atoms with Gasteiger partial charge in [-0.15, -0.1) is 0 Å². The standard InChI is InChI=1S/C20H28FN3O3S/c1-5-14-9-20(15-8-13(22)6-7-16(15)21)12(10-26-14)11-28-17(24-20)23-18(25)27-19(2,3)4/h6-8,12,14H,5,9-11,22H2,1-4H3,(H,23,24,25)/t12-,14-,20-/m0/s1. The summed E-state index contributed by atoms with van der Waals surface area (Å²) in [5, 5.41) is 3.16. The SMILES string of the molecule is CC[C@H]1C[C@]2(c3cc(N)ccc3F)N=C(NC(=O)OC(C)(C)C)SC[C@@H]2CO1. The molecule has 0 bridgehead atoms. The van der Waals surface area contributed by atoms with E-state index < -0.39 is 17.2 Å². The number of amides is 1. The number of rotatable bonds is 2. The van der Waals surface area contributed by atoms with Gasteiger partial charge >= 0.3 is 6.09 Å². The molecule has 154 valence electrons. The van der Waals surface area contributed by atoms with Gasteiger partial charge in [-0.05, 0) is 45.4 Å². The van der Waals surface area contributed by atoms with Gasteiger partial charge in [-0.3, -0.25) is 10.3 Å². The molecule has 0 radical (unpaired) electrons. The molecule has 0 saturated carbocycles. The molecule has 3 N–H and O–H groups in total. The van der Waals surface area contributed by atoms with Crippen LogP contribution in [0, 0.1) is 11.7 Å². The highest BCUT2D eigenvalue weighted by Gasteiger charge is 2.49. The number of hydrogen-bond donors (Lipinski definition) is 2. The second-order valence-electron chi connectivity index (χ2n) is 8.28. The molecule has 0 spiro atoms. The number of anilines is 1. The molecule has 3 atom stereocenters. The molecule has 0 unspecified atom stereocenters. The average Bonchev–Trinajstić information content (AvgIpc) is 2.61. The van der Waals surface area contributed by atoms with E-state index in [2.05, 4.69) is 5.32 Å². The van der Waals surface area contributed by atoms with E-state index in [1.807, 2.05) is 6.92 Å².